The van der Waals surface area contributed by atoms with E-state index < -0.39 is 0 Å². The number of hydrogen-bond acceptors (Lipinski definition) is 5. The van der Waals surface area contributed by atoms with E-state index in [9.17, 15) is 4.79 Å². The highest BCUT2D eigenvalue weighted by Crippen LogP contribution is 2.35. The van der Waals surface area contributed by atoms with Gasteiger partial charge in [-0.3, -0.25) is 9.69 Å². The number of carbonyl (C=O) groups is 1. The number of ether oxygens (including phenoxy) is 1. The van der Waals surface area contributed by atoms with Crippen LogP contribution in [0.5, 0.6) is 5.75 Å². The highest BCUT2D eigenvalue weighted by molar-refractivity contribution is 6.05. The first-order chi connectivity index (χ1) is 12.1. The molecule has 7 nitrogen and oxygen atoms in total. The molecule has 1 atom stereocenters. The molecule has 3 heterocycles. The molecule has 0 unspecified atom stereocenters. The van der Waals surface area contributed by atoms with Crippen molar-refractivity contribution >= 4 is 11.6 Å². The molecule has 2 aliphatic heterocycles. The van der Waals surface area contributed by atoms with Gasteiger partial charge in [0.1, 0.15) is 11.9 Å². The summed E-state index contributed by atoms with van der Waals surface area (Å²) in [7, 11) is 0. The smallest absolute Gasteiger partial charge is 0.280 e. The Balaban J connectivity index is 1.60. The van der Waals surface area contributed by atoms with Crippen molar-refractivity contribution in [1.82, 2.24) is 20.3 Å². The fourth-order valence-corrected chi connectivity index (χ4v) is 3.50. The lowest BCUT2D eigenvalue weighted by atomic mass is 10.1. The Labute approximate surface area is 147 Å². The van der Waals surface area contributed by atoms with Crippen LogP contribution in [-0.2, 0) is 0 Å². The standard InChI is InChI=1S/C18H23N5O2/c1-12-3-4-16-17(9-12)25-13(2)10-22(16)18(24)15-11-23(21-20-15)14-5-7-19-8-6-14/h3-4,9,11,13-14,19H,5-8,10H2,1-2H3/t13-/m0/s1. The van der Waals surface area contributed by atoms with E-state index in [-0.39, 0.29) is 12.0 Å². The Morgan fingerprint density at radius 2 is 2.12 bits per heavy atom. The maximum Gasteiger partial charge on any atom is 0.280 e. The third-order valence-corrected chi connectivity index (χ3v) is 4.83. The first kappa shape index (κ1) is 16.1. The van der Waals surface area contributed by atoms with E-state index in [0.717, 1.165) is 42.9 Å². The molecular weight excluding hydrogens is 318 g/mol. The van der Waals surface area contributed by atoms with Crippen molar-refractivity contribution in [2.75, 3.05) is 24.5 Å². The lowest BCUT2D eigenvalue weighted by molar-refractivity contribution is 0.0956. The zero-order valence-electron chi connectivity index (χ0n) is 14.6. The molecule has 0 aliphatic carbocycles. The molecule has 0 spiro atoms. The largest absolute Gasteiger partial charge is 0.487 e. The predicted octanol–water partition coefficient (Wildman–Crippen LogP) is 1.94. The minimum Gasteiger partial charge on any atom is -0.487 e. The summed E-state index contributed by atoms with van der Waals surface area (Å²) < 4.78 is 7.73. The van der Waals surface area contributed by atoms with Gasteiger partial charge < -0.3 is 10.1 Å². The van der Waals surface area contributed by atoms with Gasteiger partial charge in [0.15, 0.2) is 5.69 Å². The van der Waals surface area contributed by atoms with Crippen LogP contribution in [0.15, 0.2) is 24.4 Å². The number of aryl methyl sites for hydroxylation is 1. The van der Waals surface area contributed by atoms with Gasteiger partial charge in [-0.25, -0.2) is 4.68 Å². The second kappa shape index (κ2) is 6.48. The van der Waals surface area contributed by atoms with Gasteiger partial charge in [-0.2, -0.15) is 0 Å². The van der Waals surface area contributed by atoms with Crippen LogP contribution in [0.25, 0.3) is 0 Å². The molecule has 132 valence electrons. The van der Waals surface area contributed by atoms with Crippen LogP contribution in [0.4, 0.5) is 5.69 Å². The van der Waals surface area contributed by atoms with E-state index in [4.69, 9.17) is 4.74 Å². The molecule has 0 saturated carbocycles. The average molecular weight is 341 g/mol. The van der Waals surface area contributed by atoms with Crippen molar-refractivity contribution in [3.63, 3.8) is 0 Å². The molecule has 0 bridgehead atoms. The number of aromatic nitrogens is 3. The number of nitrogens with zero attached hydrogens (tertiary/aromatic N) is 4. The quantitative estimate of drug-likeness (QED) is 0.904. The summed E-state index contributed by atoms with van der Waals surface area (Å²) in [4.78, 5) is 14.8. The summed E-state index contributed by atoms with van der Waals surface area (Å²) >= 11 is 0. The van der Waals surface area contributed by atoms with Crippen LogP contribution >= 0.6 is 0 Å². The summed E-state index contributed by atoms with van der Waals surface area (Å²) in [6.45, 7) is 6.44. The van der Waals surface area contributed by atoms with Gasteiger partial charge in [-0.15, -0.1) is 5.10 Å². The van der Waals surface area contributed by atoms with Gasteiger partial charge in [0.05, 0.1) is 24.5 Å². The summed E-state index contributed by atoms with van der Waals surface area (Å²) in [6, 6.07) is 6.21. The summed E-state index contributed by atoms with van der Waals surface area (Å²) in [6.07, 6.45) is 3.74. The second-order valence-electron chi connectivity index (χ2n) is 6.88. The Bertz CT molecular complexity index is 782. The van der Waals surface area contributed by atoms with E-state index >= 15 is 0 Å². The van der Waals surface area contributed by atoms with Crippen molar-refractivity contribution in [2.24, 2.45) is 0 Å². The summed E-state index contributed by atoms with van der Waals surface area (Å²) in [5.41, 5.74) is 2.29. The minimum absolute atomic E-state index is 0.0577. The van der Waals surface area contributed by atoms with Crippen LogP contribution in [0.2, 0.25) is 0 Å². The zero-order chi connectivity index (χ0) is 17.4. The summed E-state index contributed by atoms with van der Waals surface area (Å²) in [5, 5.41) is 11.7. The van der Waals surface area contributed by atoms with Crippen molar-refractivity contribution in [2.45, 2.75) is 38.8 Å². The third-order valence-electron chi connectivity index (χ3n) is 4.83. The first-order valence-corrected chi connectivity index (χ1v) is 8.83. The van der Waals surface area contributed by atoms with Gasteiger partial charge in [0.2, 0.25) is 0 Å². The van der Waals surface area contributed by atoms with Crippen LogP contribution in [0, 0.1) is 6.92 Å². The van der Waals surface area contributed by atoms with E-state index in [1.54, 1.807) is 11.1 Å². The SMILES string of the molecule is Cc1ccc2c(c1)O[C@@H](C)CN2C(=O)c1cn(C2CCNCC2)nn1. The lowest BCUT2D eigenvalue weighted by Crippen LogP contribution is -2.42. The minimum atomic E-state index is -0.125. The molecule has 2 aromatic rings. The normalized spacial score (nSPS) is 20.9. The first-order valence-electron chi connectivity index (χ1n) is 8.83. The number of rotatable bonds is 2. The molecule has 1 amide bonds. The van der Waals surface area contributed by atoms with Gasteiger partial charge in [0.25, 0.3) is 5.91 Å². The van der Waals surface area contributed by atoms with Crippen LogP contribution in [0.3, 0.4) is 0 Å². The number of nitrogens with one attached hydrogen (secondary N) is 1. The Morgan fingerprint density at radius 1 is 1.32 bits per heavy atom. The van der Waals surface area contributed by atoms with E-state index in [1.807, 2.05) is 36.7 Å². The third kappa shape index (κ3) is 3.11. The molecule has 1 aromatic heterocycles. The molecule has 25 heavy (non-hydrogen) atoms. The fourth-order valence-electron chi connectivity index (χ4n) is 3.50. The summed E-state index contributed by atoms with van der Waals surface area (Å²) in [5.74, 6) is 0.623. The molecular formula is C18H23N5O2. The van der Waals surface area contributed by atoms with E-state index in [0.29, 0.717) is 18.3 Å². The maximum atomic E-state index is 13.0. The Morgan fingerprint density at radius 3 is 2.92 bits per heavy atom. The zero-order valence-corrected chi connectivity index (χ0v) is 14.6. The maximum absolute atomic E-state index is 13.0. The number of piperidine rings is 1. The second-order valence-corrected chi connectivity index (χ2v) is 6.88. The number of fused-ring (bicyclic) bond motifs is 1. The Hall–Kier alpha value is -2.41. The van der Waals surface area contributed by atoms with Gasteiger partial charge in [0, 0.05) is 0 Å². The predicted molar refractivity (Wildman–Crippen MR) is 94.1 cm³/mol. The molecule has 1 saturated heterocycles. The average Bonchev–Trinajstić information content (AvgIpc) is 3.11. The number of anilines is 1. The van der Waals surface area contributed by atoms with Crippen LogP contribution in [-0.4, -0.2) is 46.6 Å². The number of carbonyl (C=O) groups excluding carboxylic acids is 1. The van der Waals surface area contributed by atoms with E-state index in [2.05, 4.69) is 15.6 Å². The lowest BCUT2D eigenvalue weighted by Gasteiger charge is -2.33. The Kier molecular flexibility index (Phi) is 4.17. The number of amides is 1. The van der Waals surface area contributed by atoms with Crippen molar-refractivity contribution in [1.29, 1.82) is 0 Å². The molecule has 1 aromatic carbocycles. The number of benzene rings is 1. The van der Waals surface area contributed by atoms with Crippen molar-refractivity contribution < 1.29 is 9.53 Å². The van der Waals surface area contributed by atoms with Crippen molar-refractivity contribution in [3.05, 3.63) is 35.7 Å². The highest BCUT2D eigenvalue weighted by atomic mass is 16.5. The molecule has 0 radical (unpaired) electrons. The topological polar surface area (TPSA) is 72.3 Å². The van der Waals surface area contributed by atoms with Gasteiger partial charge in [-0.1, -0.05) is 11.3 Å². The molecule has 1 N–H and O–H groups in total. The van der Waals surface area contributed by atoms with Crippen LogP contribution < -0.4 is 15.0 Å². The van der Waals surface area contributed by atoms with Gasteiger partial charge >= 0.3 is 0 Å². The molecule has 7 heteroatoms. The molecule has 4 rings (SSSR count). The number of hydrogen-bond donors (Lipinski definition) is 1. The fraction of sp³-hybridized carbons (Fsp3) is 0.500. The van der Waals surface area contributed by atoms with E-state index in [1.165, 1.54) is 0 Å². The van der Waals surface area contributed by atoms with Crippen molar-refractivity contribution in [3.8, 4) is 5.75 Å². The molecule has 2 aliphatic rings. The van der Waals surface area contributed by atoms with Crippen LogP contribution in [0.1, 0.15) is 41.9 Å². The monoisotopic (exact) mass is 341 g/mol. The molecule has 1 fully saturated rings. The van der Waals surface area contributed by atoms with Gasteiger partial charge in [-0.05, 0) is 57.5 Å². The highest BCUT2D eigenvalue weighted by Gasteiger charge is 2.30.